The minimum absolute atomic E-state index is 0.156. The molecule has 1 aromatic heterocycles. The topological polar surface area (TPSA) is 68.9 Å². The predicted octanol–water partition coefficient (Wildman–Crippen LogP) is 0.653. The van der Waals surface area contributed by atoms with E-state index in [2.05, 4.69) is 21.8 Å². The number of carbonyl (C=O) groups excluding carboxylic acids is 1. The third-order valence-corrected chi connectivity index (χ3v) is 1.34. The molecular weight excluding hydrogens is 190 g/mol. The van der Waals surface area contributed by atoms with Crippen LogP contribution in [0.15, 0.2) is 6.20 Å². The average molecular weight is 196 g/mol. The summed E-state index contributed by atoms with van der Waals surface area (Å²) in [7, 11) is 0. The van der Waals surface area contributed by atoms with Gasteiger partial charge in [-0.25, -0.2) is 9.97 Å². The summed E-state index contributed by atoms with van der Waals surface area (Å²) in [5.41, 5.74) is 5.79. The molecule has 1 heterocycles. The van der Waals surface area contributed by atoms with Gasteiger partial charge >= 0.3 is 0 Å². The number of nitrogen functional groups attached to an aromatic ring is 1. The number of carbonyl (C=O) groups is 1. The predicted molar refractivity (Wildman–Crippen MR) is 49.0 cm³/mol. The zero-order valence-corrected chi connectivity index (χ0v) is 7.38. The van der Waals surface area contributed by atoms with Crippen molar-refractivity contribution < 1.29 is 4.79 Å². The Bertz CT molecular complexity index is 381. The Morgan fingerprint density at radius 3 is 3.08 bits per heavy atom. The molecule has 1 rings (SSSR count). The summed E-state index contributed by atoms with van der Waals surface area (Å²) in [6, 6.07) is 0. The standard InChI is InChI=1S/C8H6ClN3O/c9-7-5-11-6(8(10)12-7)3-1-2-4-13/h4-5H,2H2,(H2,10,12). The van der Waals surface area contributed by atoms with Crippen molar-refractivity contribution in [3.05, 3.63) is 17.0 Å². The molecule has 0 atom stereocenters. The van der Waals surface area contributed by atoms with E-state index in [4.69, 9.17) is 17.3 Å². The quantitative estimate of drug-likeness (QED) is 0.528. The van der Waals surface area contributed by atoms with Crippen LogP contribution in [0.4, 0.5) is 5.82 Å². The highest BCUT2D eigenvalue weighted by Crippen LogP contribution is 2.08. The van der Waals surface area contributed by atoms with Gasteiger partial charge in [-0.2, -0.15) is 0 Å². The lowest BCUT2D eigenvalue weighted by molar-refractivity contribution is -0.107. The van der Waals surface area contributed by atoms with E-state index in [1.54, 1.807) is 0 Å². The van der Waals surface area contributed by atoms with Gasteiger partial charge < -0.3 is 10.5 Å². The van der Waals surface area contributed by atoms with Crippen molar-refractivity contribution in [1.82, 2.24) is 9.97 Å². The van der Waals surface area contributed by atoms with Crippen molar-refractivity contribution in [3.63, 3.8) is 0 Å². The van der Waals surface area contributed by atoms with Gasteiger partial charge in [0.1, 0.15) is 11.4 Å². The number of aldehydes is 1. The molecule has 0 radical (unpaired) electrons. The Hall–Kier alpha value is -1.60. The fourth-order valence-corrected chi connectivity index (χ4v) is 0.793. The lowest BCUT2D eigenvalue weighted by Gasteiger charge is -1.94. The van der Waals surface area contributed by atoms with Crippen LogP contribution in [0.5, 0.6) is 0 Å². The number of aromatic nitrogens is 2. The van der Waals surface area contributed by atoms with Crippen LogP contribution in [0.2, 0.25) is 5.15 Å². The fourth-order valence-electron chi connectivity index (χ4n) is 0.654. The van der Waals surface area contributed by atoms with Crippen molar-refractivity contribution in [2.45, 2.75) is 6.42 Å². The zero-order chi connectivity index (χ0) is 9.68. The maximum atomic E-state index is 9.94. The molecule has 66 valence electrons. The molecule has 0 aliphatic rings. The highest BCUT2D eigenvalue weighted by atomic mass is 35.5. The Labute approximate surface area is 80.1 Å². The lowest BCUT2D eigenvalue weighted by Crippen LogP contribution is -1.97. The summed E-state index contributed by atoms with van der Waals surface area (Å²) >= 11 is 5.52. The summed E-state index contributed by atoms with van der Waals surface area (Å²) in [5.74, 6) is 5.34. The van der Waals surface area contributed by atoms with E-state index >= 15 is 0 Å². The molecule has 0 saturated carbocycles. The lowest BCUT2D eigenvalue weighted by atomic mass is 10.4. The molecule has 1 aromatic rings. The largest absolute Gasteiger partial charge is 0.381 e. The van der Waals surface area contributed by atoms with Crippen LogP contribution in [0, 0.1) is 11.8 Å². The number of anilines is 1. The van der Waals surface area contributed by atoms with E-state index in [9.17, 15) is 4.79 Å². The van der Waals surface area contributed by atoms with Crippen LogP contribution < -0.4 is 5.73 Å². The van der Waals surface area contributed by atoms with Crippen LogP contribution in [0.1, 0.15) is 12.1 Å². The molecule has 5 heteroatoms. The molecular formula is C8H6ClN3O. The van der Waals surface area contributed by atoms with Gasteiger partial charge in [-0.05, 0) is 5.92 Å². The summed E-state index contributed by atoms with van der Waals surface area (Å²) < 4.78 is 0. The maximum Gasteiger partial charge on any atom is 0.159 e. The molecule has 0 bridgehead atoms. The monoisotopic (exact) mass is 195 g/mol. The smallest absolute Gasteiger partial charge is 0.159 e. The van der Waals surface area contributed by atoms with Gasteiger partial charge in [0.05, 0.1) is 12.6 Å². The van der Waals surface area contributed by atoms with E-state index < -0.39 is 0 Å². The van der Waals surface area contributed by atoms with Crippen LogP contribution in [0.3, 0.4) is 0 Å². The van der Waals surface area contributed by atoms with Crippen molar-refractivity contribution in [2.75, 3.05) is 5.73 Å². The van der Waals surface area contributed by atoms with Crippen LogP contribution >= 0.6 is 11.6 Å². The molecule has 2 N–H and O–H groups in total. The Morgan fingerprint density at radius 2 is 2.46 bits per heavy atom. The van der Waals surface area contributed by atoms with E-state index in [-0.39, 0.29) is 17.4 Å². The molecule has 4 nitrogen and oxygen atoms in total. The first-order chi connectivity index (χ1) is 6.24. The van der Waals surface area contributed by atoms with E-state index in [1.165, 1.54) is 6.20 Å². The van der Waals surface area contributed by atoms with Crippen molar-refractivity contribution in [3.8, 4) is 11.8 Å². The number of rotatable bonds is 1. The van der Waals surface area contributed by atoms with Gasteiger partial charge in [-0.1, -0.05) is 17.5 Å². The first-order valence-corrected chi connectivity index (χ1v) is 3.82. The highest BCUT2D eigenvalue weighted by Gasteiger charge is 1.98. The molecule has 0 aliphatic carbocycles. The number of hydrogen-bond donors (Lipinski definition) is 1. The maximum absolute atomic E-state index is 9.94. The van der Waals surface area contributed by atoms with E-state index in [0.717, 1.165) is 0 Å². The van der Waals surface area contributed by atoms with Gasteiger partial charge in [-0.15, -0.1) is 0 Å². The minimum Gasteiger partial charge on any atom is -0.381 e. The number of halogens is 1. The molecule has 0 fully saturated rings. The zero-order valence-electron chi connectivity index (χ0n) is 6.62. The van der Waals surface area contributed by atoms with Gasteiger partial charge in [0, 0.05) is 0 Å². The summed E-state index contributed by atoms with van der Waals surface area (Å²) in [4.78, 5) is 17.5. The second-order valence-corrected chi connectivity index (χ2v) is 2.49. The first-order valence-electron chi connectivity index (χ1n) is 3.44. The van der Waals surface area contributed by atoms with Crippen molar-refractivity contribution >= 4 is 23.7 Å². The van der Waals surface area contributed by atoms with Gasteiger partial charge in [0.2, 0.25) is 0 Å². The van der Waals surface area contributed by atoms with Gasteiger partial charge in [-0.3, -0.25) is 0 Å². The van der Waals surface area contributed by atoms with E-state index in [0.29, 0.717) is 12.0 Å². The van der Waals surface area contributed by atoms with Crippen molar-refractivity contribution in [1.29, 1.82) is 0 Å². The normalized spacial score (nSPS) is 8.69. The second-order valence-electron chi connectivity index (χ2n) is 2.10. The van der Waals surface area contributed by atoms with Crippen LogP contribution in [-0.4, -0.2) is 16.3 Å². The number of nitrogens with two attached hydrogens (primary N) is 1. The molecule has 0 aliphatic heterocycles. The highest BCUT2D eigenvalue weighted by molar-refractivity contribution is 6.29. The molecule has 0 amide bonds. The Morgan fingerprint density at radius 1 is 1.69 bits per heavy atom. The minimum atomic E-state index is 0.156. The Kier molecular flexibility index (Phi) is 3.23. The van der Waals surface area contributed by atoms with Crippen molar-refractivity contribution in [2.24, 2.45) is 0 Å². The van der Waals surface area contributed by atoms with E-state index in [1.807, 2.05) is 0 Å². The third kappa shape index (κ3) is 2.73. The van der Waals surface area contributed by atoms with Gasteiger partial charge in [0.25, 0.3) is 0 Å². The first kappa shape index (κ1) is 9.49. The summed E-state index contributed by atoms with van der Waals surface area (Å²) in [6.07, 6.45) is 2.21. The average Bonchev–Trinajstić information content (AvgIpc) is 2.09. The number of nitrogens with zero attached hydrogens (tertiary/aromatic N) is 2. The molecule has 0 spiro atoms. The third-order valence-electron chi connectivity index (χ3n) is 1.16. The van der Waals surface area contributed by atoms with Crippen LogP contribution in [0.25, 0.3) is 0 Å². The molecule has 0 aromatic carbocycles. The second kappa shape index (κ2) is 4.43. The fraction of sp³-hybridized carbons (Fsp3) is 0.125. The molecule has 0 saturated heterocycles. The number of hydrogen-bond acceptors (Lipinski definition) is 4. The summed E-state index contributed by atoms with van der Waals surface area (Å²) in [5, 5.41) is 0.221. The SMILES string of the molecule is Nc1nc(Cl)cnc1C#CCC=O. The summed E-state index contributed by atoms with van der Waals surface area (Å²) in [6.45, 7) is 0. The molecule has 0 unspecified atom stereocenters. The Balaban J connectivity index is 2.91. The van der Waals surface area contributed by atoms with Crippen LogP contribution in [-0.2, 0) is 4.79 Å². The molecule has 13 heavy (non-hydrogen) atoms. The van der Waals surface area contributed by atoms with Gasteiger partial charge in [0.15, 0.2) is 11.5 Å².